The number of benzene rings is 1. The van der Waals surface area contributed by atoms with E-state index < -0.39 is 0 Å². The fourth-order valence-electron chi connectivity index (χ4n) is 1.81. The third kappa shape index (κ3) is 1.91. The van der Waals surface area contributed by atoms with Crippen molar-refractivity contribution < 1.29 is 4.74 Å². The first-order valence-electron chi connectivity index (χ1n) is 5.29. The van der Waals surface area contributed by atoms with Crippen LogP contribution in [-0.4, -0.2) is 12.1 Å². The zero-order valence-corrected chi connectivity index (χ0v) is 9.82. The summed E-state index contributed by atoms with van der Waals surface area (Å²) in [4.78, 5) is 4.38. The molecular formula is C14H15NO. The molecule has 0 aliphatic rings. The maximum Gasteiger partial charge on any atom is 0.131 e. The Morgan fingerprint density at radius 1 is 1.12 bits per heavy atom. The molecule has 16 heavy (non-hydrogen) atoms. The van der Waals surface area contributed by atoms with E-state index in [2.05, 4.69) is 18.0 Å². The first-order chi connectivity index (χ1) is 7.72. The van der Waals surface area contributed by atoms with Crippen LogP contribution in [0.3, 0.4) is 0 Å². The summed E-state index contributed by atoms with van der Waals surface area (Å²) >= 11 is 0. The number of nitrogens with zero attached hydrogens (tertiary/aromatic N) is 1. The van der Waals surface area contributed by atoms with Gasteiger partial charge >= 0.3 is 0 Å². The lowest BCUT2D eigenvalue weighted by atomic mass is 10.1. The van der Waals surface area contributed by atoms with E-state index in [1.54, 1.807) is 7.11 Å². The van der Waals surface area contributed by atoms with Gasteiger partial charge in [0.25, 0.3) is 0 Å². The molecule has 2 heteroatoms. The number of pyridine rings is 1. The van der Waals surface area contributed by atoms with Gasteiger partial charge in [0.2, 0.25) is 0 Å². The zero-order chi connectivity index (χ0) is 11.5. The second-order valence-electron chi connectivity index (χ2n) is 3.87. The predicted octanol–water partition coefficient (Wildman–Crippen LogP) is 3.37. The van der Waals surface area contributed by atoms with Gasteiger partial charge in [0.05, 0.1) is 12.8 Å². The summed E-state index contributed by atoms with van der Waals surface area (Å²) in [5, 5.41) is 0. The molecule has 1 heterocycles. The summed E-state index contributed by atoms with van der Waals surface area (Å²) < 4.78 is 5.43. The highest BCUT2D eigenvalue weighted by Gasteiger charge is 2.08. The Morgan fingerprint density at radius 2 is 1.94 bits per heavy atom. The molecule has 2 aromatic rings. The molecular weight excluding hydrogens is 198 g/mol. The summed E-state index contributed by atoms with van der Waals surface area (Å²) in [5.74, 6) is 0.903. The van der Waals surface area contributed by atoms with Crippen LogP contribution in [0.4, 0.5) is 0 Å². The van der Waals surface area contributed by atoms with Crippen molar-refractivity contribution in [1.29, 1.82) is 0 Å². The molecule has 0 atom stereocenters. The van der Waals surface area contributed by atoms with Gasteiger partial charge in [0, 0.05) is 11.8 Å². The molecule has 0 unspecified atom stereocenters. The van der Waals surface area contributed by atoms with E-state index in [1.807, 2.05) is 37.4 Å². The van der Waals surface area contributed by atoms with E-state index in [1.165, 1.54) is 5.56 Å². The molecule has 2 nitrogen and oxygen atoms in total. The van der Waals surface area contributed by atoms with Gasteiger partial charge < -0.3 is 4.74 Å². The number of methoxy groups -OCH3 is 1. The van der Waals surface area contributed by atoms with E-state index >= 15 is 0 Å². The minimum absolute atomic E-state index is 0.903. The van der Waals surface area contributed by atoms with Crippen molar-refractivity contribution in [3.63, 3.8) is 0 Å². The molecule has 0 fully saturated rings. The Morgan fingerprint density at radius 3 is 2.62 bits per heavy atom. The Hall–Kier alpha value is -1.83. The molecule has 0 amide bonds. The van der Waals surface area contributed by atoms with Crippen LogP contribution in [0.5, 0.6) is 5.75 Å². The third-order valence-corrected chi connectivity index (χ3v) is 2.61. The van der Waals surface area contributed by atoms with Crippen LogP contribution in [0.15, 0.2) is 36.5 Å². The number of aryl methyl sites for hydroxylation is 2. The minimum atomic E-state index is 0.903. The molecule has 0 aliphatic carbocycles. The van der Waals surface area contributed by atoms with E-state index in [9.17, 15) is 0 Å². The van der Waals surface area contributed by atoms with E-state index in [-0.39, 0.29) is 0 Å². The van der Waals surface area contributed by atoms with Crippen LogP contribution in [0, 0.1) is 13.8 Å². The van der Waals surface area contributed by atoms with E-state index in [0.29, 0.717) is 0 Å². The van der Waals surface area contributed by atoms with Crippen LogP contribution in [-0.2, 0) is 0 Å². The first-order valence-corrected chi connectivity index (χ1v) is 5.29. The van der Waals surface area contributed by atoms with Crippen molar-refractivity contribution in [2.45, 2.75) is 13.8 Å². The molecule has 2 rings (SSSR count). The summed E-state index contributed by atoms with van der Waals surface area (Å²) in [6.07, 6.45) is 1.83. The predicted molar refractivity (Wildman–Crippen MR) is 65.7 cm³/mol. The van der Waals surface area contributed by atoms with E-state index in [4.69, 9.17) is 4.74 Å². The normalized spacial score (nSPS) is 10.2. The summed E-state index contributed by atoms with van der Waals surface area (Å²) in [7, 11) is 1.70. The largest absolute Gasteiger partial charge is 0.496 e. The Labute approximate surface area is 95.9 Å². The van der Waals surface area contributed by atoms with Gasteiger partial charge in [-0.2, -0.15) is 0 Å². The van der Waals surface area contributed by atoms with Crippen LogP contribution in [0.1, 0.15) is 11.1 Å². The smallest absolute Gasteiger partial charge is 0.131 e. The molecule has 0 saturated carbocycles. The van der Waals surface area contributed by atoms with Crippen LogP contribution in [0.25, 0.3) is 11.3 Å². The lowest BCUT2D eigenvalue weighted by Gasteiger charge is -2.10. The summed E-state index contributed by atoms with van der Waals surface area (Å²) in [5.41, 5.74) is 4.34. The quantitative estimate of drug-likeness (QED) is 0.763. The maximum absolute atomic E-state index is 5.43. The van der Waals surface area contributed by atoms with Crippen LogP contribution < -0.4 is 4.74 Å². The van der Waals surface area contributed by atoms with Crippen molar-refractivity contribution >= 4 is 0 Å². The molecule has 0 radical (unpaired) electrons. The number of ether oxygens (including phenoxy) is 1. The SMILES string of the molecule is COc1c(C)cccc1-c1cc(C)ccn1. The van der Waals surface area contributed by atoms with Crippen LogP contribution >= 0.6 is 0 Å². The van der Waals surface area contributed by atoms with Gasteiger partial charge in [-0.25, -0.2) is 0 Å². The fraction of sp³-hybridized carbons (Fsp3) is 0.214. The highest BCUT2D eigenvalue weighted by Crippen LogP contribution is 2.31. The van der Waals surface area contributed by atoms with Gasteiger partial charge in [0.15, 0.2) is 0 Å². The van der Waals surface area contributed by atoms with Crippen molar-refractivity contribution in [1.82, 2.24) is 4.98 Å². The Balaban J connectivity index is 2.60. The topological polar surface area (TPSA) is 22.1 Å². The molecule has 82 valence electrons. The minimum Gasteiger partial charge on any atom is -0.496 e. The fourth-order valence-corrected chi connectivity index (χ4v) is 1.81. The molecule has 1 aromatic carbocycles. The second-order valence-corrected chi connectivity index (χ2v) is 3.87. The van der Waals surface area contributed by atoms with Gasteiger partial charge in [-0.1, -0.05) is 12.1 Å². The Kier molecular flexibility index (Phi) is 2.91. The maximum atomic E-state index is 5.43. The van der Waals surface area contributed by atoms with Crippen molar-refractivity contribution in [3.8, 4) is 17.0 Å². The number of rotatable bonds is 2. The summed E-state index contributed by atoms with van der Waals surface area (Å²) in [6.45, 7) is 4.10. The van der Waals surface area contributed by atoms with Crippen molar-refractivity contribution in [2.75, 3.05) is 7.11 Å². The average Bonchev–Trinajstić information content (AvgIpc) is 2.28. The first kappa shape index (κ1) is 10.7. The van der Waals surface area contributed by atoms with Gasteiger partial charge in [-0.15, -0.1) is 0 Å². The molecule has 0 saturated heterocycles. The number of aromatic nitrogens is 1. The zero-order valence-electron chi connectivity index (χ0n) is 9.82. The lowest BCUT2D eigenvalue weighted by molar-refractivity contribution is 0.413. The molecule has 0 aliphatic heterocycles. The van der Waals surface area contributed by atoms with Crippen molar-refractivity contribution in [3.05, 3.63) is 47.7 Å². The summed E-state index contributed by atoms with van der Waals surface area (Å²) in [6, 6.07) is 10.2. The highest BCUT2D eigenvalue weighted by molar-refractivity contribution is 5.69. The van der Waals surface area contributed by atoms with Gasteiger partial charge in [-0.05, 0) is 43.2 Å². The molecule has 0 spiro atoms. The third-order valence-electron chi connectivity index (χ3n) is 2.61. The monoisotopic (exact) mass is 213 g/mol. The number of para-hydroxylation sites is 1. The van der Waals surface area contributed by atoms with Gasteiger partial charge in [0.1, 0.15) is 5.75 Å². The average molecular weight is 213 g/mol. The molecule has 1 aromatic heterocycles. The lowest BCUT2D eigenvalue weighted by Crippen LogP contribution is -1.92. The van der Waals surface area contributed by atoms with Crippen molar-refractivity contribution in [2.24, 2.45) is 0 Å². The molecule has 0 bridgehead atoms. The van der Waals surface area contributed by atoms with Crippen LogP contribution in [0.2, 0.25) is 0 Å². The second kappa shape index (κ2) is 4.35. The van der Waals surface area contributed by atoms with Gasteiger partial charge in [-0.3, -0.25) is 4.98 Å². The van der Waals surface area contributed by atoms with E-state index in [0.717, 1.165) is 22.6 Å². The number of hydrogen-bond acceptors (Lipinski definition) is 2. The highest BCUT2D eigenvalue weighted by atomic mass is 16.5. The number of hydrogen-bond donors (Lipinski definition) is 0. The standard InChI is InChI=1S/C14H15NO/c1-10-7-8-15-13(9-10)12-6-4-5-11(2)14(12)16-3/h4-9H,1-3H3. The molecule has 0 N–H and O–H groups in total. The Bertz CT molecular complexity index is 506.